The van der Waals surface area contributed by atoms with Gasteiger partial charge in [-0.2, -0.15) is 5.10 Å². The van der Waals surface area contributed by atoms with Crippen molar-refractivity contribution in [1.29, 1.82) is 0 Å². The number of guanidine groups is 1. The number of hydrogen-bond acceptors (Lipinski definition) is 5. The third-order valence-electron chi connectivity index (χ3n) is 3.31. The van der Waals surface area contributed by atoms with E-state index in [0.717, 1.165) is 17.1 Å². The van der Waals surface area contributed by atoms with Gasteiger partial charge in [-0.05, 0) is 20.8 Å². The fourth-order valence-corrected chi connectivity index (χ4v) is 2.73. The molecule has 0 aromatic carbocycles. The van der Waals surface area contributed by atoms with Crippen molar-refractivity contribution in [3.8, 4) is 0 Å². The van der Waals surface area contributed by atoms with Crippen LogP contribution in [0.1, 0.15) is 29.3 Å². The lowest BCUT2D eigenvalue weighted by molar-refractivity contribution is 0.0616. The van der Waals surface area contributed by atoms with Crippen LogP contribution < -0.4 is 10.6 Å². The average molecular weight is 464 g/mol. The number of nitrogens with zero attached hydrogens (tertiary/aromatic N) is 4. The first kappa shape index (κ1) is 20.8. The number of aryl methyl sites for hydroxylation is 2. The van der Waals surface area contributed by atoms with Crippen LogP contribution in [0, 0.1) is 6.92 Å². The molecule has 9 heteroatoms. The lowest BCUT2D eigenvalue weighted by atomic mass is 10.00. The molecular formula is C15H25IN6OS. The molecule has 0 aliphatic carbocycles. The second kappa shape index (κ2) is 9.33. The number of hydrogen-bond donors (Lipinski definition) is 3. The van der Waals surface area contributed by atoms with Gasteiger partial charge in [-0.1, -0.05) is 0 Å². The van der Waals surface area contributed by atoms with Gasteiger partial charge in [0.25, 0.3) is 0 Å². The molecule has 7 nitrogen and oxygen atoms in total. The van der Waals surface area contributed by atoms with E-state index in [1.54, 1.807) is 29.1 Å². The summed E-state index contributed by atoms with van der Waals surface area (Å²) in [5, 5.41) is 22.0. The van der Waals surface area contributed by atoms with Crippen LogP contribution in [-0.2, 0) is 19.2 Å². The first-order valence-electron chi connectivity index (χ1n) is 7.55. The zero-order valence-corrected chi connectivity index (χ0v) is 17.6. The van der Waals surface area contributed by atoms with Crippen LogP contribution in [0.4, 0.5) is 0 Å². The maximum Gasteiger partial charge on any atom is 0.191 e. The van der Waals surface area contributed by atoms with Crippen molar-refractivity contribution in [3.63, 3.8) is 0 Å². The fraction of sp³-hybridized carbons (Fsp3) is 0.533. The van der Waals surface area contributed by atoms with E-state index < -0.39 is 5.60 Å². The highest BCUT2D eigenvalue weighted by Gasteiger charge is 2.24. The van der Waals surface area contributed by atoms with E-state index in [-0.39, 0.29) is 24.0 Å². The predicted octanol–water partition coefficient (Wildman–Crippen LogP) is 1.77. The van der Waals surface area contributed by atoms with E-state index in [4.69, 9.17) is 0 Å². The minimum absolute atomic E-state index is 0. The molecule has 1 unspecified atom stereocenters. The third-order valence-corrected chi connectivity index (χ3v) is 4.21. The van der Waals surface area contributed by atoms with Crippen LogP contribution in [0.3, 0.4) is 0 Å². The highest BCUT2D eigenvalue weighted by atomic mass is 127. The van der Waals surface area contributed by atoms with Crippen molar-refractivity contribution in [2.24, 2.45) is 12.0 Å². The molecule has 0 fully saturated rings. The Hall–Kier alpha value is -1.20. The smallest absolute Gasteiger partial charge is 0.191 e. The summed E-state index contributed by atoms with van der Waals surface area (Å²) < 4.78 is 1.67. The summed E-state index contributed by atoms with van der Waals surface area (Å²) in [6.07, 6.45) is 5.33. The largest absolute Gasteiger partial charge is 0.383 e. The number of aromatic nitrogens is 3. The Balaban J connectivity index is 0.00000288. The van der Waals surface area contributed by atoms with Crippen molar-refractivity contribution in [2.45, 2.75) is 32.9 Å². The summed E-state index contributed by atoms with van der Waals surface area (Å²) in [6, 6.07) is 0. The normalized spacial score (nSPS) is 14.0. The van der Waals surface area contributed by atoms with Crippen LogP contribution in [0.5, 0.6) is 0 Å². The predicted molar refractivity (Wildman–Crippen MR) is 108 cm³/mol. The van der Waals surface area contributed by atoms with Gasteiger partial charge in [-0.3, -0.25) is 4.68 Å². The summed E-state index contributed by atoms with van der Waals surface area (Å²) in [5.74, 6) is 0.657. The van der Waals surface area contributed by atoms with Gasteiger partial charge in [-0.15, -0.1) is 35.3 Å². The summed E-state index contributed by atoms with van der Waals surface area (Å²) in [5.41, 5.74) is -0.263. The van der Waals surface area contributed by atoms with Crippen molar-refractivity contribution in [3.05, 3.63) is 34.0 Å². The monoisotopic (exact) mass is 464 g/mol. The molecule has 2 heterocycles. The van der Waals surface area contributed by atoms with Gasteiger partial charge in [0.15, 0.2) is 5.96 Å². The van der Waals surface area contributed by atoms with Gasteiger partial charge >= 0.3 is 0 Å². The molecule has 0 spiro atoms. The first-order valence-corrected chi connectivity index (χ1v) is 8.37. The second-order valence-corrected chi connectivity index (χ2v) is 6.91. The standard InChI is InChI=1S/C15H24N6OS.HI/c1-5-16-14(18-8-13-17-6-11(2)23-13)19-10-15(3,22)12-7-20-21(4)9-12;/h6-7,9,22H,5,8,10H2,1-4H3,(H2,16,18,19);1H. The van der Waals surface area contributed by atoms with E-state index in [0.29, 0.717) is 19.0 Å². The van der Waals surface area contributed by atoms with Gasteiger partial charge in [0.1, 0.15) is 10.6 Å². The molecule has 3 N–H and O–H groups in total. The third kappa shape index (κ3) is 6.02. The molecule has 2 aromatic heterocycles. The molecule has 24 heavy (non-hydrogen) atoms. The number of aliphatic hydroxyl groups is 1. The summed E-state index contributed by atoms with van der Waals surface area (Å²) >= 11 is 1.64. The lowest BCUT2D eigenvalue weighted by Crippen LogP contribution is -2.44. The van der Waals surface area contributed by atoms with Crippen LogP contribution in [0.25, 0.3) is 0 Å². The number of halogens is 1. The highest BCUT2D eigenvalue weighted by Crippen LogP contribution is 2.18. The zero-order valence-electron chi connectivity index (χ0n) is 14.4. The topological polar surface area (TPSA) is 87.4 Å². The second-order valence-electron chi connectivity index (χ2n) is 5.59. The molecule has 0 aliphatic rings. The highest BCUT2D eigenvalue weighted by molar-refractivity contribution is 14.0. The lowest BCUT2D eigenvalue weighted by Gasteiger charge is -2.23. The van der Waals surface area contributed by atoms with Crippen molar-refractivity contribution >= 4 is 41.3 Å². The van der Waals surface area contributed by atoms with E-state index in [9.17, 15) is 5.11 Å². The Bertz CT molecular complexity index is 666. The Labute approximate surface area is 163 Å². The van der Waals surface area contributed by atoms with Gasteiger partial charge in [0, 0.05) is 36.4 Å². The minimum Gasteiger partial charge on any atom is -0.383 e. The molecule has 0 radical (unpaired) electrons. The van der Waals surface area contributed by atoms with E-state index >= 15 is 0 Å². The molecule has 2 aromatic rings. The molecule has 0 aliphatic heterocycles. The van der Waals surface area contributed by atoms with E-state index in [2.05, 4.69) is 25.7 Å². The van der Waals surface area contributed by atoms with Crippen LogP contribution in [0.2, 0.25) is 0 Å². The molecule has 0 amide bonds. The number of thiazole rings is 1. The quantitative estimate of drug-likeness (QED) is 0.345. The summed E-state index contributed by atoms with van der Waals surface area (Å²) in [7, 11) is 1.83. The maximum atomic E-state index is 10.6. The number of rotatable bonds is 6. The zero-order chi connectivity index (χ0) is 16.9. The average Bonchev–Trinajstić information content (AvgIpc) is 3.11. The molecule has 134 valence electrons. The van der Waals surface area contributed by atoms with Gasteiger partial charge in [-0.25, -0.2) is 9.98 Å². The Morgan fingerprint density at radius 3 is 2.71 bits per heavy atom. The molecule has 1 atom stereocenters. The first-order chi connectivity index (χ1) is 10.9. The Morgan fingerprint density at radius 2 is 2.17 bits per heavy atom. The van der Waals surface area contributed by atoms with Crippen molar-refractivity contribution in [1.82, 2.24) is 25.4 Å². The fourth-order valence-electron chi connectivity index (χ4n) is 2.02. The molecule has 0 saturated heterocycles. The van der Waals surface area contributed by atoms with Crippen LogP contribution >= 0.6 is 35.3 Å². The number of nitrogens with one attached hydrogen (secondary N) is 2. The van der Waals surface area contributed by atoms with Gasteiger partial charge in [0.2, 0.25) is 0 Å². The van der Waals surface area contributed by atoms with Crippen molar-refractivity contribution in [2.75, 3.05) is 13.1 Å². The molecular weight excluding hydrogens is 439 g/mol. The Kier molecular flexibility index (Phi) is 8.10. The van der Waals surface area contributed by atoms with E-state index in [1.165, 1.54) is 4.88 Å². The Morgan fingerprint density at radius 1 is 1.42 bits per heavy atom. The number of aliphatic imine (C=N–C) groups is 1. The van der Waals surface area contributed by atoms with Gasteiger partial charge in [0.05, 0.1) is 19.3 Å². The molecule has 2 rings (SSSR count). The van der Waals surface area contributed by atoms with Gasteiger partial charge < -0.3 is 15.7 Å². The molecule has 0 saturated carbocycles. The van der Waals surface area contributed by atoms with Crippen LogP contribution in [-0.4, -0.2) is 38.9 Å². The van der Waals surface area contributed by atoms with Crippen molar-refractivity contribution < 1.29 is 5.11 Å². The SMILES string of the molecule is CCNC(=NCc1ncc(C)s1)NCC(C)(O)c1cnn(C)c1.I. The van der Waals surface area contributed by atoms with E-state index in [1.807, 2.05) is 33.3 Å². The summed E-state index contributed by atoms with van der Waals surface area (Å²) in [6.45, 7) is 7.39. The van der Waals surface area contributed by atoms with Crippen LogP contribution in [0.15, 0.2) is 23.6 Å². The molecule has 0 bridgehead atoms. The minimum atomic E-state index is -1.03. The maximum absolute atomic E-state index is 10.6. The summed E-state index contributed by atoms with van der Waals surface area (Å²) in [4.78, 5) is 9.99.